The van der Waals surface area contributed by atoms with Crippen LogP contribution in [-0.4, -0.2) is 5.91 Å². The van der Waals surface area contributed by atoms with Crippen LogP contribution in [-0.2, 0) is 11.2 Å². The Morgan fingerprint density at radius 3 is 2.55 bits per heavy atom. The predicted octanol–water partition coefficient (Wildman–Crippen LogP) is 3.83. The fourth-order valence-electron chi connectivity index (χ4n) is 1.68. The van der Waals surface area contributed by atoms with E-state index in [1.54, 1.807) is 24.3 Å². The minimum Gasteiger partial charge on any atom is -0.461 e. The molecule has 0 spiro atoms. The SMILES string of the molecule is NNC(=O)CCc1ccc(-c2cc(Cl)c(Cl)cc2Cl)o1. The molecule has 1 heterocycles. The van der Waals surface area contributed by atoms with Gasteiger partial charge in [0.25, 0.3) is 0 Å². The van der Waals surface area contributed by atoms with Crippen molar-refractivity contribution < 1.29 is 9.21 Å². The molecular formula is C13H11Cl3N2O2. The number of amides is 1. The number of hydrogen-bond donors (Lipinski definition) is 2. The Morgan fingerprint density at radius 1 is 1.15 bits per heavy atom. The summed E-state index contributed by atoms with van der Waals surface area (Å²) in [5, 5.41) is 1.22. The molecule has 0 radical (unpaired) electrons. The van der Waals surface area contributed by atoms with Gasteiger partial charge in [0.1, 0.15) is 11.5 Å². The Morgan fingerprint density at radius 2 is 1.85 bits per heavy atom. The third-order valence-electron chi connectivity index (χ3n) is 2.70. The van der Waals surface area contributed by atoms with Gasteiger partial charge in [0.05, 0.1) is 15.1 Å². The van der Waals surface area contributed by atoms with Crippen LogP contribution < -0.4 is 11.3 Å². The first-order valence-electron chi connectivity index (χ1n) is 5.74. The van der Waals surface area contributed by atoms with E-state index < -0.39 is 0 Å². The molecule has 0 aliphatic heterocycles. The van der Waals surface area contributed by atoms with E-state index in [2.05, 4.69) is 5.43 Å². The van der Waals surface area contributed by atoms with Gasteiger partial charge in [0.15, 0.2) is 0 Å². The van der Waals surface area contributed by atoms with Gasteiger partial charge in [0, 0.05) is 18.4 Å². The summed E-state index contributed by atoms with van der Waals surface area (Å²) < 4.78 is 5.63. The molecule has 0 bridgehead atoms. The fourth-order valence-corrected chi connectivity index (χ4v) is 2.32. The molecule has 1 amide bonds. The second-order valence-electron chi connectivity index (χ2n) is 4.08. The zero-order chi connectivity index (χ0) is 14.7. The van der Waals surface area contributed by atoms with Gasteiger partial charge in [-0.25, -0.2) is 5.84 Å². The van der Waals surface area contributed by atoms with E-state index in [1.165, 1.54) is 0 Å². The van der Waals surface area contributed by atoms with Gasteiger partial charge < -0.3 is 4.42 Å². The average Bonchev–Trinajstić information content (AvgIpc) is 2.88. The molecule has 4 nitrogen and oxygen atoms in total. The number of nitrogens with two attached hydrogens (primary N) is 1. The van der Waals surface area contributed by atoms with E-state index in [0.717, 1.165) is 0 Å². The lowest BCUT2D eigenvalue weighted by atomic mass is 10.2. The summed E-state index contributed by atoms with van der Waals surface area (Å²) in [6.07, 6.45) is 0.695. The molecule has 0 aliphatic rings. The zero-order valence-electron chi connectivity index (χ0n) is 10.3. The third kappa shape index (κ3) is 3.46. The Kier molecular flexibility index (Phi) is 4.94. The number of hydrogen-bond acceptors (Lipinski definition) is 3. The van der Waals surface area contributed by atoms with Crippen molar-refractivity contribution in [3.63, 3.8) is 0 Å². The standard InChI is InChI=1S/C13H11Cl3N2O2/c14-9-6-11(16)10(15)5-8(9)12-3-1-7(20-12)2-4-13(19)18-17/h1,3,5-6H,2,4,17H2,(H,18,19). The molecule has 7 heteroatoms. The van der Waals surface area contributed by atoms with Crippen LogP contribution in [0, 0.1) is 0 Å². The van der Waals surface area contributed by atoms with Crippen molar-refractivity contribution in [2.24, 2.45) is 5.84 Å². The summed E-state index contributed by atoms with van der Waals surface area (Å²) in [5.41, 5.74) is 2.71. The van der Waals surface area contributed by atoms with Crippen molar-refractivity contribution in [1.82, 2.24) is 5.43 Å². The van der Waals surface area contributed by atoms with Gasteiger partial charge in [-0.1, -0.05) is 34.8 Å². The van der Waals surface area contributed by atoms with Gasteiger partial charge in [-0.3, -0.25) is 10.2 Å². The maximum Gasteiger partial charge on any atom is 0.234 e. The molecule has 2 rings (SSSR count). The van der Waals surface area contributed by atoms with E-state index in [-0.39, 0.29) is 12.3 Å². The lowest BCUT2D eigenvalue weighted by molar-refractivity contribution is -0.121. The molecule has 0 saturated carbocycles. The highest BCUT2D eigenvalue weighted by Crippen LogP contribution is 2.36. The summed E-state index contributed by atoms with van der Waals surface area (Å²) in [6, 6.07) is 6.74. The van der Waals surface area contributed by atoms with Crippen molar-refractivity contribution in [2.45, 2.75) is 12.8 Å². The van der Waals surface area contributed by atoms with Crippen molar-refractivity contribution in [1.29, 1.82) is 0 Å². The van der Waals surface area contributed by atoms with Crippen LogP contribution in [0.5, 0.6) is 0 Å². The minimum absolute atomic E-state index is 0.249. The van der Waals surface area contributed by atoms with Crippen LogP contribution >= 0.6 is 34.8 Å². The van der Waals surface area contributed by atoms with E-state index >= 15 is 0 Å². The zero-order valence-corrected chi connectivity index (χ0v) is 12.5. The van der Waals surface area contributed by atoms with Crippen LogP contribution in [0.1, 0.15) is 12.2 Å². The maximum absolute atomic E-state index is 11.1. The number of furan rings is 1. The normalized spacial score (nSPS) is 10.6. The molecule has 1 aromatic heterocycles. The molecule has 2 aromatic rings. The summed E-state index contributed by atoms with van der Waals surface area (Å²) in [4.78, 5) is 11.1. The Labute approximate surface area is 130 Å². The van der Waals surface area contributed by atoms with Gasteiger partial charge in [0.2, 0.25) is 5.91 Å². The number of aryl methyl sites for hydroxylation is 1. The summed E-state index contributed by atoms with van der Waals surface area (Å²) >= 11 is 18.0. The molecule has 0 aliphatic carbocycles. The first-order chi connectivity index (χ1) is 9.51. The minimum atomic E-state index is -0.254. The van der Waals surface area contributed by atoms with Crippen LogP contribution in [0.2, 0.25) is 15.1 Å². The van der Waals surface area contributed by atoms with Crippen molar-refractivity contribution in [2.75, 3.05) is 0 Å². The van der Waals surface area contributed by atoms with Crippen molar-refractivity contribution in [3.05, 3.63) is 45.1 Å². The summed E-state index contributed by atoms with van der Waals surface area (Å²) in [6.45, 7) is 0. The van der Waals surface area contributed by atoms with Gasteiger partial charge in [-0.2, -0.15) is 0 Å². The second-order valence-corrected chi connectivity index (χ2v) is 5.30. The maximum atomic E-state index is 11.1. The highest BCUT2D eigenvalue weighted by molar-refractivity contribution is 6.44. The lowest BCUT2D eigenvalue weighted by Crippen LogP contribution is -2.30. The molecule has 0 saturated heterocycles. The van der Waals surface area contributed by atoms with Gasteiger partial charge in [-0.15, -0.1) is 0 Å². The summed E-state index contributed by atoms with van der Waals surface area (Å²) in [5.74, 6) is 5.98. The monoisotopic (exact) mass is 332 g/mol. The van der Waals surface area contributed by atoms with Crippen LogP contribution in [0.3, 0.4) is 0 Å². The van der Waals surface area contributed by atoms with Gasteiger partial charge >= 0.3 is 0 Å². The third-order valence-corrected chi connectivity index (χ3v) is 3.73. The second kappa shape index (κ2) is 6.50. The number of halogens is 3. The van der Waals surface area contributed by atoms with Crippen LogP contribution in [0.25, 0.3) is 11.3 Å². The van der Waals surface area contributed by atoms with Crippen LogP contribution in [0.15, 0.2) is 28.7 Å². The average molecular weight is 334 g/mol. The lowest BCUT2D eigenvalue weighted by Gasteiger charge is -2.04. The quantitative estimate of drug-likeness (QED) is 0.387. The number of benzene rings is 1. The van der Waals surface area contributed by atoms with Gasteiger partial charge in [-0.05, 0) is 24.3 Å². The fraction of sp³-hybridized carbons (Fsp3) is 0.154. The molecular weight excluding hydrogens is 323 g/mol. The molecule has 20 heavy (non-hydrogen) atoms. The van der Waals surface area contributed by atoms with E-state index in [1.807, 2.05) is 0 Å². The first-order valence-corrected chi connectivity index (χ1v) is 6.87. The Bertz CT molecular complexity index is 641. The Balaban J connectivity index is 2.20. The van der Waals surface area contributed by atoms with E-state index in [9.17, 15) is 4.79 Å². The largest absolute Gasteiger partial charge is 0.461 e. The molecule has 3 N–H and O–H groups in total. The predicted molar refractivity (Wildman–Crippen MR) is 79.8 cm³/mol. The molecule has 0 atom stereocenters. The summed E-state index contributed by atoms with van der Waals surface area (Å²) in [7, 11) is 0. The number of hydrazine groups is 1. The highest BCUT2D eigenvalue weighted by Gasteiger charge is 2.12. The topological polar surface area (TPSA) is 68.3 Å². The Hall–Kier alpha value is -1.20. The molecule has 1 aromatic carbocycles. The van der Waals surface area contributed by atoms with E-state index in [0.29, 0.717) is 38.6 Å². The molecule has 106 valence electrons. The van der Waals surface area contributed by atoms with Crippen molar-refractivity contribution in [3.8, 4) is 11.3 Å². The number of carbonyl (C=O) groups is 1. The molecule has 0 unspecified atom stereocenters. The van der Waals surface area contributed by atoms with Crippen LogP contribution in [0.4, 0.5) is 0 Å². The smallest absolute Gasteiger partial charge is 0.234 e. The highest BCUT2D eigenvalue weighted by atomic mass is 35.5. The molecule has 0 fully saturated rings. The van der Waals surface area contributed by atoms with E-state index in [4.69, 9.17) is 45.1 Å². The number of rotatable bonds is 4. The van der Waals surface area contributed by atoms with Crippen molar-refractivity contribution >= 4 is 40.7 Å². The number of nitrogens with one attached hydrogen (secondary N) is 1. The first kappa shape index (κ1) is 15.2. The number of carbonyl (C=O) groups excluding carboxylic acids is 1.